The standard InChI is InChI=1S/C12H13NO3/c1-4-11(12(14)15-3)16-10-7-5-6-9(8-10)13-2/h5-8,11H,4H2,1,3H3. The Morgan fingerprint density at radius 3 is 2.88 bits per heavy atom. The van der Waals surface area contributed by atoms with Crippen molar-refractivity contribution >= 4 is 11.7 Å². The Morgan fingerprint density at radius 1 is 1.56 bits per heavy atom. The number of nitrogens with zero attached hydrogens (tertiary/aromatic N) is 1. The molecule has 1 rings (SSSR count). The highest BCUT2D eigenvalue weighted by Gasteiger charge is 2.18. The molecule has 0 saturated carbocycles. The Kier molecular flexibility index (Phi) is 4.34. The van der Waals surface area contributed by atoms with E-state index in [4.69, 9.17) is 11.3 Å². The van der Waals surface area contributed by atoms with Crippen LogP contribution in [0.25, 0.3) is 4.85 Å². The van der Waals surface area contributed by atoms with E-state index in [9.17, 15) is 4.79 Å². The van der Waals surface area contributed by atoms with E-state index in [0.717, 1.165) is 0 Å². The number of carbonyl (C=O) groups excluding carboxylic acids is 1. The number of hydrogen-bond donors (Lipinski definition) is 0. The first-order chi connectivity index (χ1) is 7.71. The molecule has 84 valence electrons. The van der Waals surface area contributed by atoms with Gasteiger partial charge in [-0.15, -0.1) is 0 Å². The van der Waals surface area contributed by atoms with Gasteiger partial charge in [0.15, 0.2) is 11.8 Å². The van der Waals surface area contributed by atoms with Crippen LogP contribution in [0.4, 0.5) is 5.69 Å². The maximum absolute atomic E-state index is 11.3. The Labute approximate surface area is 94.6 Å². The molecule has 1 atom stereocenters. The van der Waals surface area contributed by atoms with Crippen LogP contribution in [0.15, 0.2) is 24.3 Å². The summed E-state index contributed by atoms with van der Waals surface area (Å²) in [6.45, 7) is 8.70. The van der Waals surface area contributed by atoms with Crippen molar-refractivity contribution in [3.8, 4) is 5.75 Å². The zero-order valence-electron chi connectivity index (χ0n) is 9.27. The second-order valence-electron chi connectivity index (χ2n) is 3.15. The monoisotopic (exact) mass is 219 g/mol. The fraction of sp³-hybridized carbons (Fsp3) is 0.333. The molecule has 0 aromatic heterocycles. The zero-order valence-corrected chi connectivity index (χ0v) is 9.27. The molecule has 1 aromatic carbocycles. The lowest BCUT2D eigenvalue weighted by atomic mass is 10.2. The van der Waals surface area contributed by atoms with Crippen LogP contribution in [0.1, 0.15) is 13.3 Å². The molecule has 0 saturated heterocycles. The Bertz CT molecular complexity index is 409. The van der Waals surface area contributed by atoms with Crippen LogP contribution in [-0.2, 0) is 9.53 Å². The summed E-state index contributed by atoms with van der Waals surface area (Å²) in [4.78, 5) is 14.6. The Balaban J connectivity index is 2.78. The van der Waals surface area contributed by atoms with Gasteiger partial charge in [-0.25, -0.2) is 9.64 Å². The topological polar surface area (TPSA) is 39.9 Å². The van der Waals surface area contributed by atoms with E-state index in [2.05, 4.69) is 9.58 Å². The molecular weight excluding hydrogens is 206 g/mol. The van der Waals surface area contributed by atoms with Crippen LogP contribution < -0.4 is 4.74 Å². The molecule has 0 heterocycles. The molecular formula is C12H13NO3. The quantitative estimate of drug-likeness (QED) is 0.577. The van der Waals surface area contributed by atoms with Crippen LogP contribution in [0, 0.1) is 6.57 Å². The highest BCUT2D eigenvalue weighted by Crippen LogP contribution is 2.21. The average Bonchev–Trinajstić information content (AvgIpc) is 2.35. The molecule has 0 N–H and O–H groups in total. The molecule has 4 nitrogen and oxygen atoms in total. The average molecular weight is 219 g/mol. The minimum atomic E-state index is -0.619. The van der Waals surface area contributed by atoms with Gasteiger partial charge < -0.3 is 9.47 Å². The van der Waals surface area contributed by atoms with Crippen LogP contribution >= 0.6 is 0 Å². The van der Waals surface area contributed by atoms with Crippen molar-refractivity contribution < 1.29 is 14.3 Å². The van der Waals surface area contributed by atoms with Gasteiger partial charge in [0.2, 0.25) is 0 Å². The summed E-state index contributed by atoms with van der Waals surface area (Å²) in [5, 5.41) is 0. The molecule has 1 unspecified atom stereocenters. The zero-order chi connectivity index (χ0) is 12.0. The fourth-order valence-electron chi connectivity index (χ4n) is 1.22. The summed E-state index contributed by atoms with van der Waals surface area (Å²) >= 11 is 0. The van der Waals surface area contributed by atoms with Gasteiger partial charge in [0.05, 0.1) is 13.7 Å². The number of ether oxygens (including phenoxy) is 2. The smallest absolute Gasteiger partial charge is 0.347 e. The molecule has 0 aliphatic rings. The maximum Gasteiger partial charge on any atom is 0.347 e. The summed E-state index contributed by atoms with van der Waals surface area (Å²) in [7, 11) is 1.32. The minimum Gasteiger partial charge on any atom is -0.480 e. The third-order valence-electron chi connectivity index (χ3n) is 2.06. The van der Waals surface area contributed by atoms with Gasteiger partial charge in [-0.1, -0.05) is 19.1 Å². The van der Waals surface area contributed by atoms with Gasteiger partial charge in [-0.2, -0.15) is 0 Å². The van der Waals surface area contributed by atoms with Crippen molar-refractivity contribution in [1.29, 1.82) is 0 Å². The number of rotatable bonds is 4. The van der Waals surface area contributed by atoms with E-state index >= 15 is 0 Å². The molecule has 4 heteroatoms. The van der Waals surface area contributed by atoms with Crippen molar-refractivity contribution in [2.45, 2.75) is 19.4 Å². The Morgan fingerprint density at radius 2 is 2.31 bits per heavy atom. The van der Waals surface area contributed by atoms with Crippen molar-refractivity contribution in [1.82, 2.24) is 0 Å². The highest BCUT2D eigenvalue weighted by molar-refractivity contribution is 5.74. The molecule has 1 aromatic rings. The lowest BCUT2D eigenvalue weighted by Gasteiger charge is -2.15. The normalized spacial score (nSPS) is 11.3. The van der Waals surface area contributed by atoms with Gasteiger partial charge in [0, 0.05) is 0 Å². The lowest BCUT2D eigenvalue weighted by molar-refractivity contribution is -0.148. The molecule has 16 heavy (non-hydrogen) atoms. The van der Waals surface area contributed by atoms with E-state index in [0.29, 0.717) is 17.9 Å². The Hall–Kier alpha value is -2.02. The van der Waals surface area contributed by atoms with E-state index in [1.165, 1.54) is 7.11 Å². The van der Waals surface area contributed by atoms with Gasteiger partial charge in [-0.05, 0) is 18.6 Å². The van der Waals surface area contributed by atoms with Crippen molar-refractivity contribution in [3.05, 3.63) is 35.7 Å². The number of methoxy groups -OCH3 is 1. The van der Waals surface area contributed by atoms with Crippen LogP contribution in [-0.4, -0.2) is 19.2 Å². The second kappa shape index (κ2) is 5.76. The largest absolute Gasteiger partial charge is 0.480 e. The first-order valence-electron chi connectivity index (χ1n) is 4.93. The van der Waals surface area contributed by atoms with Crippen molar-refractivity contribution in [3.63, 3.8) is 0 Å². The van der Waals surface area contributed by atoms with Crippen molar-refractivity contribution in [2.24, 2.45) is 0 Å². The van der Waals surface area contributed by atoms with Crippen LogP contribution in [0.5, 0.6) is 5.75 Å². The first-order valence-corrected chi connectivity index (χ1v) is 4.93. The molecule has 0 amide bonds. The van der Waals surface area contributed by atoms with Gasteiger partial charge in [-0.3, -0.25) is 0 Å². The van der Waals surface area contributed by atoms with Crippen LogP contribution in [0.3, 0.4) is 0 Å². The predicted molar refractivity (Wildman–Crippen MR) is 59.4 cm³/mol. The van der Waals surface area contributed by atoms with E-state index in [1.54, 1.807) is 24.3 Å². The maximum atomic E-state index is 11.3. The molecule has 0 spiro atoms. The molecule has 0 radical (unpaired) electrons. The van der Waals surface area contributed by atoms with Gasteiger partial charge in [0.1, 0.15) is 5.75 Å². The molecule has 0 aliphatic heterocycles. The van der Waals surface area contributed by atoms with Crippen LogP contribution in [0.2, 0.25) is 0 Å². The lowest BCUT2D eigenvalue weighted by Crippen LogP contribution is -2.27. The number of esters is 1. The summed E-state index contributed by atoms with van der Waals surface area (Å²) in [6, 6.07) is 6.70. The van der Waals surface area contributed by atoms with Gasteiger partial charge >= 0.3 is 5.97 Å². The number of benzene rings is 1. The summed E-state index contributed by atoms with van der Waals surface area (Å²) < 4.78 is 10.0. The first kappa shape index (κ1) is 12.1. The van der Waals surface area contributed by atoms with Crippen molar-refractivity contribution in [2.75, 3.05) is 7.11 Å². The number of hydrogen-bond acceptors (Lipinski definition) is 3. The molecule has 0 bridgehead atoms. The van der Waals surface area contributed by atoms with Gasteiger partial charge in [0.25, 0.3) is 0 Å². The highest BCUT2D eigenvalue weighted by atomic mass is 16.6. The minimum absolute atomic E-state index is 0.407. The third kappa shape index (κ3) is 2.99. The molecule has 0 fully saturated rings. The summed E-state index contributed by atoms with van der Waals surface area (Å²) in [5.74, 6) is 0.0986. The number of carbonyl (C=O) groups is 1. The second-order valence-corrected chi connectivity index (χ2v) is 3.15. The van der Waals surface area contributed by atoms with E-state index in [1.807, 2.05) is 6.92 Å². The molecule has 0 aliphatic carbocycles. The summed E-state index contributed by atoms with van der Waals surface area (Å²) in [6.07, 6.45) is -0.0967. The van der Waals surface area contributed by atoms with E-state index < -0.39 is 12.1 Å². The van der Waals surface area contributed by atoms with E-state index in [-0.39, 0.29) is 0 Å². The predicted octanol–water partition coefficient (Wildman–Crippen LogP) is 2.57. The SMILES string of the molecule is [C-]#[N+]c1cccc(OC(CC)C(=O)OC)c1. The fourth-order valence-corrected chi connectivity index (χ4v) is 1.22. The summed E-state index contributed by atoms with van der Waals surface area (Å²) in [5.41, 5.74) is 0.484. The third-order valence-corrected chi connectivity index (χ3v) is 2.06.